The molecule has 0 atom stereocenters. The summed E-state index contributed by atoms with van der Waals surface area (Å²) < 4.78 is 28.7. The Balaban J connectivity index is -0.000000241. The molecule has 0 bridgehead atoms. The van der Waals surface area contributed by atoms with Crippen LogP contribution in [0.15, 0.2) is 0 Å². The van der Waals surface area contributed by atoms with Crippen LogP contribution in [-0.4, -0.2) is 20.3 Å². The molecule has 126 valence electrons. The van der Waals surface area contributed by atoms with Gasteiger partial charge in [-0.15, -0.1) is 0 Å². The molecule has 0 amide bonds. The maximum Gasteiger partial charge on any atom is 2.00 e. The molecule has 0 unspecified atom stereocenters. The monoisotopic (exact) mass is 442 g/mol. The predicted octanol–water partition coefficient (Wildman–Crippen LogP) is 3.42. The van der Waals surface area contributed by atoms with Crippen LogP contribution in [0.25, 0.3) is 0 Å². The molecule has 0 aromatic heterocycles. The number of unbranched alkanes of at least 4 members (excludes halogenated alkanes) is 9. The maximum absolute atomic E-state index is 10.6. The van der Waals surface area contributed by atoms with Gasteiger partial charge in [-0.1, -0.05) is 69.0 Å². The van der Waals surface area contributed by atoms with Crippen molar-refractivity contribution in [1.82, 2.24) is 0 Å². The summed E-state index contributed by atoms with van der Waals surface area (Å²) in [6, 6.07) is 0. The van der Waals surface area contributed by atoms with Gasteiger partial charge >= 0.3 is 49.4 Å². The minimum absolute atomic E-state index is 0. The van der Waals surface area contributed by atoms with Crippen LogP contribution in [0.4, 0.5) is 0 Å². The Labute approximate surface area is 159 Å². The fraction of sp³-hybridized carbons (Fsp3) is 1.00. The molecule has 0 aromatic carbocycles. The van der Waals surface area contributed by atoms with E-state index in [1.54, 1.807) is 0 Å². The van der Waals surface area contributed by atoms with E-state index in [0.717, 1.165) is 12.8 Å². The predicted molar refractivity (Wildman–Crippen MR) is 71.8 cm³/mol. The Kier molecular flexibility index (Phi) is 37.9. The van der Waals surface area contributed by atoms with Crippen LogP contribution in [0.2, 0.25) is 0 Å². The van der Waals surface area contributed by atoms with E-state index in [2.05, 4.69) is 15.4 Å². The van der Waals surface area contributed by atoms with Crippen molar-refractivity contribution in [2.75, 3.05) is 6.61 Å². The summed E-state index contributed by atoms with van der Waals surface area (Å²) in [5.41, 5.74) is 0. The first kappa shape index (κ1) is 34.4. The Morgan fingerprint density at radius 2 is 1.14 bits per heavy atom. The van der Waals surface area contributed by atoms with E-state index in [4.69, 9.17) is 5.26 Å². The molecule has 0 fully saturated rings. The normalized spacial score (nSPS) is 9.73. The first-order valence-corrected chi connectivity index (χ1v) is 8.18. The molecular formula is C12H26O7SZn2. The van der Waals surface area contributed by atoms with Gasteiger partial charge in [0.25, 0.3) is 0 Å². The number of hydrogen-bond acceptors (Lipinski definition) is 5. The van der Waals surface area contributed by atoms with Gasteiger partial charge in [-0.2, -0.15) is 8.42 Å². The van der Waals surface area contributed by atoms with Gasteiger partial charge in [0, 0.05) is 0 Å². The van der Waals surface area contributed by atoms with Gasteiger partial charge in [0.05, 0.1) is 6.61 Å². The Bertz CT molecular complexity index is 277. The van der Waals surface area contributed by atoms with Gasteiger partial charge in [-0.05, 0) is 6.42 Å². The first-order valence-electron chi connectivity index (χ1n) is 6.85. The second-order valence-corrected chi connectivity index (χ2v) is 5.69. The Morgan fingerprint density at radius 1 is 0.773 bits per heavy atom. The second kappa shape index (κ2) is 24.3. The van der Waals surface area contributed by atoms with E-state index in [9.17, 15) is 8.42 Å². The molecule has 1 N–H and O–H groups in total. The maximum atomic E-state index is 10.6. The van der Waals surface area contributed by atoms with Gasteiger partial charge in [-0.3, -0.25) is 0 Å². The van der Waals surface area contributed by atoms with Crippen LogP contribution >= 0.6 is 0 Å². The average molecular weight is 445 g/mol. The second-order valence-electron chi connectivity index (χ2n) is 4.49. The Hall–Kier alpha value is 0.997. The summed E-state index contributed by atoms with van der Waals surface area (Å²) in [4.78, 5) is 0. The molecule has 0 aliphatic rings. The molecule has 0 spiro atoms. The summed E-state index contributed by atoms with van der Waals surface area (Å²) in [7, 11) is -4.17. The summed E-state index contributed by atoms with van der Waals surface area (Å²) in [5.74, 6) is 0. The molecule has 10 heteroatoms. The summed E-state index contributed by atoms with van der Waals surface area (Å²) in [5, 5.41) is 7.94. The first-order chi connectivity index (χ1) is 8.62. The molecule has 0 radical (unpaired) electrons. The van der Waals surface area contributed by atoms with Crippen molar-refractivity contribution in [2.45, 2.75) is 71.1 Å². The van der Waals surface area contributed by atoms with Crippen LogP contribution in [-0.2, 0) is 68.8 Å². The van der Waals surface area contributed by atoms with Crippen LogP contribution < -0.4 is 0 Å². The van der Waals surface area contributed by atoms with Gasteiger partial charge in [0.2, 0.25) is 0 Å². The van der Waals surface area contributed by atoms with E-state index >= 15 is 0 Å². The largest absolute Gasteiger partial charge is 2.00 e. The van der Waals surface area contributed by atoms with Gasteiger partial charge in [0.1, 0.15) is 0 Å². The van der Waals surface area contributed by atoms with Crippen LogP contribution in [0.5, 0.6) is 0 Å². The van der Waals surface area contributed by atoms with Crippen molar-refractivity contribution in [3.8, 4) is 0 Å². The topological polar surface area (TPSA) is 130 Å². The van der Waals surface area contributed by atoms with Crippen LogP contribution in [0, 0.1) is 0 Å². The molecule has 0 aliphatic heterocycles. The van der Waals surface area contributed by atoms with Crippen molar-refractivity contribution >= 4 is 10.4 Å². The zero-order chi connectivity index (χ0) is 13.7. The standard InChI is InChI=1S/C12H26O5S.2O.2Zn/c1-2-3-4-5-6-7-8-9-10-11-12-16-18(14,15)17-13;;;;/h13H,2-12H2,1H3;;;;/q;2*-2;2*+2. The molecule has 0 aromatic rings. The number of rotatable bonds is 13. The van der Waals surface area contributed by atoms with E-state index in [-0.39, 0.29) is 56.5 Å². The minimum atomic E-state index is -4.17. The fourth-order valence-corrected chi connectivity index (χ4v) is 2.14. The van der Waals surface area contributed by atoms with Crippen molar-refractivity contribution in [3.63, 3.8) is 0 Å². The van der Waals surface area contributed by atoms with Gasteiger partial charge in [-0.25, -0.2) is 9.44 Å². The minimum Gasteiger partial charge on any atom is -2.00 e. The van der Waals surface area contributed by atoms with Crippen LogP contribution in [0.3, 0.4) is 0 Å². The zero-order valence-corrected chi connectivity index (χ0v) is 20.2. The smallest absolute Gasteiger partial charge is 2.00 e. The van der Waals surface area contributed by atoms with Crippen molar-refractivity contribution in [2.24, 2.45) is 0 Å². The molecule has 0 saturated heterocycles. The van der Waals surface area contributed by atoms with Gasteiger partial charge in [0.15, 0.2) is 0 Å². The third-order valence-corrected chi connectivity index (χ3v) is 3.45. The zero-order valence-electron chi connectivity index (χ0n) is 13.5. The SMILES string of the molecule is CCCCCCCCCCCCOS(=O)(=O)OO.[O-2].[O-2].[Zn+2].[Zn+2]. The summed E-state index contributed by atoms with van der Waals surface area (Å²) in [6.45, 7) is 2.28. The van der Waals surface area contributed by atoms with Crippen molar-refractivity contribution in [1.29, 1.82) is 0 Å². The molecule has 22 heavy (non-hydrogen) atoms. The average Bonchev–Trinajstić information content (AvgIpc) is 2.36. The summed E-state index contributed by atoms with van der Waals surface area (Å²) >= 11 is 0. The molecule has 0 heterocycles. The van der Waals surface area contributed by atoms with E-state index in [0.29, 0.717) is 6.42 Å². The fourth-order valence-electron chi connectivity index (χ4n) is 1.77. The van der Waals surface area contributed by atoms with Crippen LogP contribution in [0.1, 0.15) is 71.1 Å². The molecular weight excluding hydrogens is 419 g/mol. The van der Waals surface area contributed by atoms with E-state index in [1.165, 1.54) is 44.9 Å². The Morgan fingerprint density at radius 3 is 1.50 bits per heavy atom. The third kappa shape index (κ3) is 25.9. The van der Waals surface area contributed by atoms with E-state index < -0.39 is 10.4 Å². The van der Waals surface area contributed by atoms with Crippen molar-refractivity contribution in [3.05, 3.63) is 0 Å². The van der Waals surface area contributed by atoms with E-state index in [1.807, 2.05) is 0 Å². The number of hydrogen-bond donors (Lipinski definition) is 1. The molecule has 0 rings (SSSR count). The molecule has 0 aliphatic carbocycles. The summed E-state index contributed by atoms with van der Waals surface area (Å²) in [6.07, 6.45) is 11.7. The molecule has 7 nitrogen and oxygen atoms in total. The van der Waals surface area contributed by atoms with Crippen molar-refractivity contribution < 1.29 is 72.1 Å². The van der Waals surface area contributed by atoms with Gasteiger partial charge < -0.3 is 11.0 Å². The molecule has 0 saturated carbocycles. The third-order valence-electron chi connectivity index (χ3n) is 2.82. The quantitative estimate of drug-likeness (QED) is 0.201.